The molecule has 1 aliphatic heterocycles. The Balaban J connectivity index is 1.86. The number of hydrogen-bond donors (Lipinski definition) is 1. The summed E-state index contributed by atoms with van der Waals surface area (Å²) in [4.78, 5) is 5.27. The van der Waals surface area contributed by atoms with E-state index < -0.39 is 0 Å². The molecule has 0 radical (unpaired) electrons. The molecule has 2 heterocycles. The summed E-state index contributed by atoms with van der Waals surface area (Å²) in [6, 6.07) is 2.37. The highest BCUT2D eigenvalue weighted by molar-refractivity contribution is 7.12. The van der Waals surface area contributed by atoms with Crippen LogP contribution >= 0.6 is 11.3 Å². The predicted molar refractivity (Wildman–Crippen MR) is 91.0 cm³/mol. The van der Waals surface area contributed by atoms with Crippen molar-refractivity contribution in [2.75, 3.05) is 20.2 Å². The van der Waals surface area contributed by atoms with Crippen LogP contribution < -0.4 is 5.32 Å². The minimum atomic E-state index is 0.175. The number of nitrogens with one attached hydrogen (secondary N) is 1. The number of ether oxygens (including phenoxy) is 1. The number of aryl methyl sites for hydroxylation is 1. The van der Waals surface area contributed by atoms with E-state index in [1.54, 1.807) is 0 Å². The molecule has 21 heavy (non-hydrogen) atoms. The Bertz CT molecular complexity index is 444. The Morgan fingerprint density at radius 3 is 2.81 bits per heavy atom. The van der Waals surface area contributed by atoms with Crippen LogP contribution in [0.3, 0.4) is 0 Å². The van der Waals surface area contributed by atoms with Crippen LogP contribution in [0.4, 0.5) is 0 Å². The van der Waals surface area contributed by atoms with Crippen LogP contribution in [0.2, 0.25) is 0 Å². The quantitative estimate of drug-likeness (QED) is 0.869. The van der Waals surface area contributed by atoms with E-state index in [4.69, 9.17) is 4.74 Å². The van der Waals surface area contributed by atoms with Gasteiger partial charge < -0.3 is 10.1 Å². The highest BCUT2D eigenvalue weighted by atomic mass is 32.1. The fourth-order valence-corrected chi connectivity index (χ4v) is 3.67. The molecule has 1 atom stereocenters. The summed E-state index contributed by atoms with van der Waals surface area (Å²) < 4.78 is 5.72. The third kappa shape index (κ3) is 5.70. The number of thiophene rings is 1. The molecule has 1 aliphatic rings. The maximum Gasteiger partial charge on any atom is 0.0702 e. The number of likely N-dealkylation sites (N-methyl/N-ethyl adjacent to an activating group) is 1. The molecule has 1 fully saturated rings. The number of nitrogens with zero attached hydrogens (tertiary/aromatic N) is 1. The van der Waals surface area contributed by atoms with Gasteiger partial charge in [0, 0.05) is 41.5 Å². The van der Waals surface area contributed by atoms with Gasteiger partial charge in [0.2, 0.25) is 0 Å². The standard InChI is InChI=1S/C17H30N2OS/c1-13-14(9-16(21-13)10-18-17(2,3)4)11-19(5)12-15-7-6-8-20-15/h9,15,18H,6-8,10-12H2,1-5H3. The molecule has 120 valence electrons. The van der Waals surface area contributed by atoms with Gasteiger partial charge in [-0.1, -0.05) is 0 Å². The van der Waals surface area contributed by atoms with Gasteiger partial charge in [0.25, 0.3) is 0 Å². The lowest BCUT2D eigenvalue weighted by molar-refractivity contribution is 0.0793. The molecule has 3 nitrogen and oxygen atoms in total. The monoisotopic (exact) mass is 310 g/mol. The van der Waals surface area contributed by atoms with E-state index in [0.717, 1.165) is 26.2 Å². The topological polar surface area (TPSA) is 24.5 Å². The average molecular weight is 311 g/mol. The van der Waals surface area contributed by atoms with Gasteiger partial charge in [-0.15, -0.1) is 11.3 Å². The minimum absolute atomic E-state index is 0.175. The summed E-state index contributed by atoms with van der Waals surface area (Å²) in [5.41, 5.74) is 1.64. The van der Waals surface area contributed by atoms with Crippen molar-refractivity contribution in [3.05, 3.63) is 21.4 Å². The van der Waals surface area contributed by atoms with Crippen molar-refractivity contribution >= 4 is 11.3 Å². The van der Waals surface area contributed by atoms with Crippen LogP contribution in [0.25, 0.3) is 0 Å². The molecule has 0 bridgehead atoms. The van der Waals surface area contributed by atoms with Crippen LogP contribution in [0.5, 0.6) is 0 Å². The molecule has 0 saturated carbocycles. The first-order chi connectivity index (χ1) is 9.83. The molecule has 1 saturated heterocycles. The van der Waals surface area contributed by atoms with Gasteiger partial charge >= 0.3 is 0 Å². The van der Waals surface area contributed by atoms with Crippen LogP contribution in [0.1, 0.15) is 48.9 Å². The summed E-state index contributed by atoms with van der Waals surface area (Å²) in [5.74, 6) is 0. The lowest BCUT2D eigenvalue weighted by Crippen LogP contribution is -2.34. The smallest absolute Gasteiger partial charge is 0.0702 e. The lowest BCUT2D eigenvalue weighted by atomic mass is 10.1. The third-order valence-corrected chi connectivity index (χ3v) is 4.94. The van der Waals surface area contributed by atoms with Crippen molar-refractivity contribution in [1.82, 2.24) is 10.2 Å². The molecule has 1 aromatic heterocycles. The van der Waals surface area contributed by atoms with Crippen molar-refractivity contribution in [2.45, 2.75) is 65.3 Å². The largest absolute Gasteiger partial charge is 0.377 e. The first-order valence-corrected chi connectivity index (χ1v) is 8.78. The number of rotatable bonds is 6. The molecular formula is C17H30N2OS. The van der Waals surface area contributed by atoms with Crippen molar-refractivity contribution in [3.8, 4) is 0 Å². The van der Waals surface area contributed by atoms with Crippen LogP contribution in [-0.2, 0) is 17.8 Å². The van der Waals surface area contributed by atoms with Crippen molar-refractivity contribution < 1.29 is 4.74 Å². The summed E-state index contributed by atoms with van der Waals surface area (Å²) in [6.07, 6.45) is 2.88. The molecular weight excluding hydrogens is 280 g/mol. The zero-order valence-electron chi connectivity index (χ0n) is 14.2. The van der Waals surface area contributed by atoms with E-state index in [1.807, 2.05) is 11.3 Å². The second kappa shape index (κ2) is 7.23. The van der Waals surface area contributed by atoms with Gasteiger partial charge in [-0.25, -0.2) is 0 Å². The van der Waals surface area contributed by atoms with E-state index in [-0.39, 0.29) is 5.54 Å². The molecule has 0 aliphatic carbocycles. The molecule has 4 heteroatoms. The zero-order valence-corrected chi connectivity index (χ0v) is 15.0. The summed E-state index contributed by atoms with van der Waals surface area (Å²) in [6.45, 7) is 12.9. The second-order valence-electron chi connectivity index (χ2n) is 7.23. The lowest BCUT2D eigenvalue weighted by Gasteiger charge is -2.20. The normalized spacial score (nSPS) is 19.6. The Hall–Kier alpha value is -0.420. The zero-order chi connectivity index (χ0) is 15.5. The van der Waals surface area contributed by atoms with Gasteiger partial charge in [0.05, 0.1) is 6.10 Å². The fourth-order valence-electron chi connectivity index (χ4n) is 2.68. The first-order valence-electron chi connectivity index (χ1n) is 7.97. The maximum absolute atomic E-state index is 5.72. The van der Waals surface area contributed by atoms with E-state index in [9.17, 15) is 0 Å². The van der Waals surface area contributed by atoms with Crippen LogP contribution in [0, 0.1) is 6.92 Å². The molecule has 0 aromatic carbocycles. The van der Waals surface area contributed by atoms with Gasteiger partial charge in [-0.2, -0.15) is 0 Å². The third-order valence-electron chi connectivity index (χ3n) is 3.84. The Morgan fingerprint density at radius 1 is 1.43 bits per heavy atom. The van der Waals surface area contributed by atoms with Crippen molar-refractivity contribution in [3.63, 3.8) is 0 Å². The maximum atomic E-state index is 5.72. The van der Waals surface area contributed by atoms with Gasteiger partial charge in [-0.3, -0.25) is 4.90 Å². The average Bonchev–Trinajstić information content (AvgIpc) is 2.97. The number of hydrogen-bond acceptors (Lipinski definition) is 4. The Kier molecular flexibility index (Phi) is 5.83. The van der Waals surface area contributed by atoms with E-state index in [0.29, 0.717) is 6.10 Å². The molecule has 0 amide bonds. The van der Waals surface area contributed by atoms with Gasteiger partial charge in [0.1, 0.15) is 0 Å². The van der Waals surface area contributed by atoms with Crippen LogP contribution in [0.15, 0.2) is 6.07 Å². The SMILES string of the molecule is Cc1sc(CNC(C)(C)C)cc1CN(C)CC1CCCO1. The summed E-state index contributed by atoms with van der Waals surface area (Å²) in [7, 11) is 2.20. The van der Waals surface area contributed by atoms with E-state index in [2.05, 4.69) is 51.0 Å². The molecule has 1 aromatic rings. The molecule has 1 unspecified atom stereocenters. The van der Waals surface area contributed by atoms with Gasteiger partial charge in [-0.05, 0) is 59.2 Å². The van der Waals surface area contributed by atoms with E-state index >= 15 is 0 Å². The minimum Gasteiger partial charge on any atom is -0.377 e. The van der Waals surface area contributed by atoms with Crippen molar-refractivity contribution in [1.29, 1.82) is 0 Å². The second-order valence-corrected chi connectivity index (χ2v) is 8.57. The molecule has 2 rings (SSSR count). The Labute approximate surface area is 133 Å². The first kappa shape index (κ1) is 16.9. The highest BCUT2D eigenvalue weighted by Gasteiger charge is 2.18. The van der Waals surface area contributed by atoms with Crippen molar-refractivity contribution in [2.24, 2.45) is 0 Å². The fraction of sp³-hybridized carbons (Fsp3) is 0.765. The molecule has 0 spiro atoms. The highest BCUT2D eigenvalue weighted by Crippen LogP contribution is 2.24. The molecule has 1 N–H and O–H groups in total. The summed E-state index contributed by atoms with van der Waals surface area (Å²) in [5, 5.41) is 3.57. The van der Waals surface area contributed by atoms with E-state index in [1.165, 1.54) is 28.2 Å². The summed E-state index contributed by atoms with van der Waals surface area (Å²) >= 11 is 1.92. The van der Waals surface area contributed by atoms with Crippen LogP contribution in [-0.4, -0.2) is 36.7 Å². The van der Waals surface area contributed by atoms with Gasteiger partial charge in [0.15, 0.2) is 0 Å². The predicted octanol–water partition coefficient (Wildman–Crippen LogP) is 3.56. The Morgan fingerprint density at radius 2 is 2.19 bits per heavy atom.